The molecule has 0 spiro atoms. The summed E-state index contributed by atoms with van der Waals surface area (Å²) in [5.74, 6) is -2.57. The second-order valence-corrected chi connectivity index (χ2v) is 5.60. The van der Waals surface area contributed by atoms with Crippen LogP contribution < -0.4 is 0 Å². The highest BCUT2D eigenvalue weighted by atomic mass is 16.4. The molecule has 5 nitrogen and oxygen atoms in total. The molecular weight excluding hydrogens is 282 g/mol. The van der Waals surface area contributed by atoms with Crippen molar-refractivity contribution in [3.05, 3.63) is 48.2 Å². The number of carbonyl (C=O) groups is 3. The number of carbonyl (C=O) groups excluding carboxylic acids is 2. The summed E-state index contributed by atoms with van der Waals surface area (Å²) < 4.78 is 0. The molecule has 0 unspecified atom stereocenters. The van der Waals surface area contributed by atoms with Gasteiger partial charge < -0.3 is 10.0 Å². The van der Waals surface area contributed by atoms with E-state index in [2.05, 4.69) is 6.58 Å². The number of hydrogen-bond acceptors (Lipinski definition) is 3. The van der Waals surface area contributed by atoms with Crippen molar-refractivity contribution in [2.24, 2.45) is 11.8 Å². The van der Waals surface area contributed by atoms with E-state index >= 15 is 0 Å². The maximum Gasteiger partial charge on any atom is 0.304 e. The molecular formula is C17H19NO4. The summed E-state index contributed by atoms with van der Waals surface area (Å²) in [6, 6.07) is 9.36. The van der Waals surface area contributed by atoms with E-state index in [0.717, 1.165) is 5.56 Å². The molecule has 1 saturated heterocycles. The van der Waals surface area contributed by atoms with E-state index in [9.17, 15) is 14.4 Å². The fourth-order valence-corrected chi connectivity index (χ4v) is 2.80. The van der Waals surface area contributed by atoms with Gasteiger partial charge >= 0.3 is 5.97 Å². The van der Waals surface area contributed by atoms with E-state index in [1.54, 1.807) is 0 Å². The van der Waals surface area contributed by atoms with Gasteiger partial charge in [0.15, 0.2) is 0 Å². The van der Waals surface area contributed by atoms with Crippen molar-refractivity contribution in [3.8, 4) is 0 Å². The zero-order valence-electron chi connectivity index (χ0n) is 12.5. The van der Waals surface area contributed by atoms with Crippen LogP contribution in [0.25, 0.3) is 0 Å². The molecule has 5 heteroatoms. The van der Waals surface area contributed by atoms with Crippen molar-refractivity contribution in [2.45, 2.75) is 26.3 Å². The summed E-state index contributed by atoms with van der Waals surface area (Å²) in [4.78, 5) is 36.7. The second-order valence-electron chi connectivity index (χ2n) is 5.60. The van der Waals surface area contributed by atoms with Crippen molar-refractivity contribution >= 4 is 17.7 Å². The van der Waals surface area contributed by atoms with Crippen molar-refractivity contribution < 1.29 is 19.5 Å². The van der Waals surface area contributed by atoms with Crippen LogP contribution in [0.15, 0.2) is 42.6 Å². The fourth-order valence-electron chi connectivity index (χ4n) is 2.80. The Morgan fingerprint density at radius 1 is 1.32 bits per heavy atom. The molecule has 0 saturated carbocycles. The van der Waals surface area contributed by atoms with Crippen LogP contribution in [-0.4, -0.2) is 27.7 Å². The zero-order valence-corrected chi connectivity index (χ0v) is 12.5. The number of likely N-dealkylation sites (tertiary alicyclic amines) is 1. The van der Waals surface area contributed by atoms with Crippen LogP contribution in [0.2, 0.25) is 0 Å². The Morgan fingerprint density at radius 3 is 2.50 bits per heavy atom. The highest BCUT2D eigenvalue weighted by Crippen LogP contribution is 2.34. The smallest absolute Gasteiger partial charge is 0.304 e. The predicted octanol–water partition coefficient (Wildman–Crippen LogP) is 2.23. The molecule has 1 fully saturated rings. The molecule has 0 aromatic heterocycles. The number of nitrogens with zero attached hydrogens (tertiary/aromatic N) is 1. The lowest BCUT2D eigenvalue weighted by molar-refractivity contribution is -0.147. The van der Waals surface area contributed by atoms with Crippen LogP contribution in [0.3, 0.4) is 0 Å². The van der Waals surface area contributed by atoms with Crippen LogP contribution in [0.1, 0.15) is 25.3 Å². The average Bonchev–Trinajstić information content (AvgIpc) is 2.46. The van der Waals surface area contributed by atoms with Gasteiger partial charge in [-0.05, 0) is 18.9 Å². The van der Waals surface area contributed by atoms with Gasteiger partial charge in [-0.15, -0.1) is 0 Å². The van der Waals surface area contributed by atoms with Gasteiger partial charge in [0.25, 0.3) is 0 Å². The molecule has 116 valence electrons. The van der Waals surface area contributed by atoms with E-state index in [-0.39, 0.29) is 24.5 Å². The Balaban J connectivity index is 2.27. The monoisotopic (exact) mass is 301 g/mol. The van der Waals surface area contributed by atoms with Crippen molar-refractivity contribution in [2.75, 3.05) is 0 Å². The van der Waals surface area contributed by atoms with Crippen LogP contribution in [-0.2, 0) is 20.9 Å². The molecule has 1 N–H and O–H groups in total. The van der Waals surface area contributed by atoms with Crippen LogP contribution in [0.5, 0.6) is 0 Å². The number of hydrogen-bond donors (Lipinski definition) is 1. The number of benzene rings is 1. The Kier molecular flexibility index (Phi) is 4.75. The van der Waals surface area contributed by atoms with Crippen LogP contribution in [0.4, 0.5) is 0 Å². The number of carboxylic acids is 1. The number of Topliss-reactive ketones (excluding diaryl/α,β-unsaturated/α-hetero) is 1. The second kappa shape index (κ2) is 6.56. The summed E-state index contributed by atoms with van der Waals surface area (Å²) in [5, 5.41) is 8.97. The van der Waals surface area contributed by atoms with E-state index in [1.165, 1.54) is 11.8 Å². The molecule has 0 bridgehead atoms. The van der Waals surface area contributed by atoms with Gasteiger partial charge in [-0.3, -0.25) is 14.4 Å². The lowest BCUT2D eigenvalue weighted by Crippen LogP contribution is -2.45. The third kappa shape index (κ3) is 3.42. The van der Waals surface area contributed by atoms with Gasteiger partial charge in [-0.2, -0.15) is 0 Å². The molecule has 1 aromatic rings. The molecule has 0 aliphatic carbocycles. The third-order valence-corrected chi connectivity index (χ3v) is 3.98. The van der Waals surface area contributed by atoms with E-state index < -0.39 is 17.8 Å². The van der Waals surface area contributed by atoms with Gasteiger partial charge in [-0.1, -0.05) is 36.9 Å². The maximum atomic E-state index is 12.5. The summed E-state index contributed by atoms with van der Waals surface area (Å²) in [6.45, 7) is 5.65. The first kappa shape index (κ1) is 15.9. The number of rotatable bonds is 5. The molecule has 1 aliphatic rings. The molecule has 2 rings (SSSR count). The number of amides is 1. The minimum Gasteiger partial charge on any atom is -0.481 e. The molecule has 2 atom stereocenters. The summed E-state index contributed by atoms with van der Waals surface area (Å²) in [7, 11) is 0. The van der Waals surface area contributed by atoms with Crippen molar-refractivity contribution in [3.63, 3.8) is 0 Å². The van der Waals surface area contributed by atoms with E-state index in [4.69, 9.17) is 5.11 Å². The predicted molar refractivity (Wildman–Crippen MR) is 80.7 cm³/mol. The molecule has 1 aliphatic heterocycles. The number of carboxylic acid groups (broad SMARTS) is 1. The Hall–Kier alpha value is -2.43. The lowest BCUT2D eigenvalue weighted by atomic mass is 9.82. The number of ketones is 1. The van der Waals surface area contributed by atoms with Gasteiger partial charge in [0.2, 0.25) is 5.91 Å². The van der Waals surface area contributed by atoms with Gasteiger partial charge in [0.1, 0.15) is 5.78 Å². The van der Waals surface area contributed by atoms with Gasteiger partial charge in [0, 0.05) is 5.70 Å². The first-order chi connectivity index (χ1) is 10.4. The molecule has 1 heterocycles. The number of allylic oxidation sites excluding steroid dienone is 1. The normalized spacial score (nSPS) is 21.8. The van der Waals surface area contributed by atoms with E-state index in [0.29, 0.717) is 12.2 Å². The quantitative estimate of drug-likeness (QED) is 0.905. The minimum absolute atomic E-state index is 0.0917. The fraction of sp³-hybridized carbons (Fsp3) is 0.353. The maximum absolute atomic E-state index is 12.5. The topological polar surface area (TPSA) is 74.7 Å². The first-order valence-corrected chi connectivity index (χ1v) is 7.16. The van der Waals surface area contributed by atoms with Crippen molar-refractivity contribution in [1.82, 2.24) is 4.90 Å². The van der Waals surface area contributed by atoms with Crippen LogP contribution in [0, 0.1) is 11.8 Å². The summed E-state index contributed by atoms with van der Waals surface area (Å²) in [6.07, 6.45) is -0.0359. The first-order valence-electron chi connectivity index (χ1n) is 7.16. The highest BCUT2D eigenvalue weighted by molar-refractivity contribution is 5.90. The van der Waals surface area contributed by atoms with Gasteiger partial charge in [0.05, 0.1) is 24.8 Å². The summed E-state index contributed by atoms with van der Waals surface area (Å²) in [5.41, 5.74) is 1.37. The average molecular weight is 301 g/mol. The van der Waals surface area contributed by atoms with Gasteiger partial charge in [-0.25, -0.2) is 0 Å². The largest absolute Gasteiger partial charge is 0.481 e. The van der Waals surface area contributed by atoms with E-state index in [1.807, 2.05) is 30.3 Å². The number of aliphatic carboxylic acids is 1. The number of piperidine rings is 1. The Morgan fingerprint density at radius 2 is 1.95 bits per heavy atom. The molecule has 1 aromatic carbocycles. The summed E-state index contributed by atoms with van der Waals surface area (Å²) >= 11 is 0. The molecule has 0 radical (unpaired) electrons. The lowest BCUT2D eigenvalue weighted by Gasteiger charge is -2.38. The standard InChI is InChI=1S/C17H19NO4/c1-11-15(12(2)19)8-14(9-16(20)21)17(22)18(11)10-13-6-4-3-5-7-13/h3-7,14-15H,1,8-10H2,2H3,(H,20,21)/t14-,15+/m0/s1. The Labute approximate surface area is 129 Å². The third-order valence-electron chi connectivity index (χ3n) is 3.98. The SMILES string of the molecule is C=C1[C@H](C(C)=O)C[C@@H](CC(=O)O)C(=O)N1Cc1ccccc1. The highest BCUT2D eigenvalue weighted by Gasteiger charge is 2.39. The minimum atomic E-state index is -1.03. The van der Waals surface area contributed by atoms with Crippen LogP contribution >= 0.6 is 0 Å². The molecule has 1 amide bonds. The zero-order chi connectivity index (χ0) is 16.3. The molecule has 22 heavy (non-hydrogen) atoms. The van der Waals surface area contributed by atoms with Crippen molar-refractivity contribution in [1.29, 1.82) is 0 Å². The Bertz CT molecular complexity index is 608.